The Kier molecular flexibility index (Phi) is 7.31. The van der Waals surface area contributed by atoms with Crippen LogP contribution in [0.25, 0.3) is 11.0 Å². The van der Waals surface area contributed by atoms with E-state index in [1.807, 2.05) is 0 Å². The van der Waals surface area contributed by atoms with Gasteiger partial charge in [-0.1, -0.05) is 19.1 Å². The number of rotatable bonds is 10. The second kappa shape index (κ2) is 9.96. The molecule has 10 nitrogen and oxygen atoms in total. The average molecular weight is 462 g/mol. The zero-order valence-electron chi connectivity index (χ0n) is 18.5. The highest BCUT2D eigenvalue weighted by Gasteiger charge is 2.22. The third-order valence-corrected chi connectivity index (χ3v) is 7.06. The second-order valence-electron chi connectivity index (χ2n) is 6.95. The normalized spacial score (nSPS) is 11.7. The Morgan fingerprint density at radius 1 is 1.06 bits per heavy atom. The van der Waals surface area contributed by atoms with Gasteiger partial charge in [-0.25, -0.2) is 13.1 Å². The first kappa shape index (κ1) is 23.5. The van der Waals surface area contributed by atoms with Crippen molar-refractivity contribution < 1.29 is 22.7 Å². The number of hydrogen-bond acceptors (Lipinski definition) is 7. The smallest absolute Gasteiger partial charge is 0.243 e. The van der Waals surface area contributed by atoms with Crippen molar-refractivity contribution in [3.63, 3.8) is 0 Å². The average Bonchev–Trinajstić information content (AvgIpc) is 3.20. The molecular formula is C21H27N5O5S. The molecule has 0 fully saturated rings. The van der Waals surface area contributed by atoms with Gasteiger partial charge in [0.25, 0.3) is 0 Å². The maximum Gasteiger partial charge on any atom is 0.243 e. The van der Waals surface area contributed by atoms with Crippen LogP contribution in [0.1, 0.15) is 20.3 Å². The van der Waals surface area contributed by atoms with E-state index in [-0.39, 0.29) is 23.8 Å². The van der Waals surface area contributed by atoms with E-state index in [1.54, 1.807) is 48.9 Å². The molecule has 2 aromatic carbocycles. The molecule has 0 saturated carbocycles. The molecule has 1 amide bonds. The van der Waals surface area contributed by atoms with Crippen LogP contribution < -0.4 is 14.8 Å². The van der Waals surface area contributed by atoms with Crippen LogP contribution in [0.3, 0.4) is 0 Å². The summed E-state index contributed by atoms with van der Waals surface area (Å²) in [7, 11) is -0.510. The lowest BCUT2D eigenvalue weighted by atomic mass is 10.2. The summed E-state index contributed by atoms with van der Waals surface area (Å²) in [4.78, 5) is 12.6. The van der Waals surface area contributed by atoms with Gasteiger partial charge in [-0.3, -0.25) is 4.79 Å². The summed E-state index contributed by atoms with van der Waals surface area (Å²) in [6.07, 6.45) is 0.150. The van der Waals surface area contributed by atoms with E-state index in [0.29, 0.717) is 41.3 Å². The van der Waals surface area contributed by atoms with Crippen LogP contribution in [0.2, 0.25) is 0 Å². The summed E-state index contributed by atoms with van der Waals surface area (Å²) in [6, 6.07) is 9.82. The highest BCUT2D eigenvalue weighted by Crippen LogP contribution is 2.26. The molecule has 0 aliphatic heterocycles. The first-order valence-electron chi connectivity index (χ1n) is 10.2. The van der Waals surface area contributed by atoms with E-state index in [0.717, 1.165) is 0 Å². The summed E-state index contributed by atoms with van der Waals surface area (Å²) in [5.41, 5.74) is 1.66. The van der Waals surface area contributed by atoms with Crippen molar-refractivity contribution in [2.45, 2.75) is 31.7 Å². The number of hydrogen-bond donors (Lipinski definition) is 1. The highest BCUT2D eigenvalue weighted by atomic mass is 32.2. The van der Waals surface area contributed by atoms with E-state index >= 15 is 0 Å². The van der Waals surface area contributed by atoms with Gasteiger partial charge in [0, 0.05) is 43.4 Å². The van der Waals surface area contributed by atoms with Crippen molar-refractivity contribution in [2.24, 2.45) is 0 Å². The number of anilines is 1. The SMILES string of the molecule is CCN(CC)S(=O)(=O)c1ccc2c(c1)nnn2CCC(=O)Nc1cc(OC)cc(OC)c1. The number of benzene rings is 2. The molecule has 0 aliphatic rings. The number of aromatic nitrogens is 3. The molecule has 0 atom stereocenters. The van der Waals surface area contributed by atoms with Crippen LogP contribution in [0.15, 0.2) is 41.3 Å². The molecule has 1 N–H and O–H groups in total. The largest absolute Gasteiger partial charge is 0.497 e. The number of carbonyl (C=O) groups excluding carboxylic acids is 1. The molecule has 1 heterocycles. The molecule has 0 saturated heterocycles. The summed E-state index contributed by atoms with van der Waals surface area (Å²) in [6.45, 7) is 4.65. The molecule has 0 radical (unpaired) electrons. The fourth-order valence-corrected chi connectivity index (χ4v) is 4.78. The van der Waals surface area contributed by atoms with Crippen LogP contribution in [0, 0.1) is 0 Å². The number of aryl methyl sites for hydroxylation is 1. The van der Waals surface area contributed by atoms with Gasteiger partial charge in [-0.2, -0.15) is 4.31 Å². The van der Waals surface area contributed by atoms with Crippen LogP contribution in [-0.2, 0) is 21.4 Å². The predicted molar refractivity (Wildman–Crippen MR) is 120 cm³/mol. The van der Waals surface area contributed by atoms with E-state index in [2.05, 4.69) is 15.6 Å². The van der Waals surface area contributed by atoms with E-state index in [9.17, 15) is 13.2 Å². The Balaban J connectivity index is 1.71. The van der Waals surface area contributed by atoms with Gasteiger partial charge in [0.1, 0.15) is 17.0 Å². The molecule has 3 aromatic rings. The number of sulfonamides is 1. The van der Waals surface area contributed by atoms with Crippen molar-refractivity contribution in [3.8, 4) is 11.5 Å². The molecule has 172 valence electrons. The fourth-order valence-electron chi connectivity index (χ4n) is 3.30. The van der Waals surface area contributed by atoms with Crippen molar-refractivity contribution in [3.05, 3.63) is 36.4 Å². The summed E-state index contributed by atoms with van der Waals surface area (Å²) in [5, 5.41) is 11.0. The van der Waals surface area contributed by atoms with Crippen molar-refractivity contribution >= 4 is 32.7 Å². The zero-order valence-corrected chi connectivity index (χ0v) is 19.3. The van der Waals surface area contributed by atoms with E-state index < -0.39 is 10.0 Å². The molecular weight excluding hydrogens is 434 g/mol. The standard InChI is InChI=1S/C21H27N5O5S/c1-5-25(6-2)32(28,29)18-7-8-20-19(14-18)23-24-26(20)10-9-21(27)22-15-11-16(30-3)13-17(12-15)31-4/h7-8,11-14H,5-6,9-10H2,1-4H3,(H,22,27). The van der Waals surface area contributed by atoms with Gasteiger partial charge in [0.15, 0.2) is 0 Å². The van der Waals surface area contributed by atoms with E-state index in [4.69, 9.17) is 9.47 Å². The lowest BCUT2D eigenvalue weighted by Crippen LogP contribution is -2.30. The number of nitrogens with one attached hydrogen (secondary N) is 1. The number of fused-ring (bicyclic) bond motifs is 1. The van der Waals surface area contributed by atoms with Crippen molar-refractivity contribution in [1.29, 1.82) is 0 Å². The minimum atomic E-state index is -3.58. The van der Waals surface area contributed by atoms with Gasteiger partial charge < -0.3 is 14.8 Å². The predicted octanol–water partition coefficient (Wildman–Crippen LogP) is 2.51. The van der Waals surface area contributed by atoms with Crippen LogP contribution in [0.4, 0.5) is 5.69 Å². The molecule has 32 heavy (non-hydrogen) atoms. The number of amides is 1. The summed E-state index contributed by atoms with van der Waals surface area (Å²) < 4.78 is 38.8. The van der Waals surface area contributed by atoms with Crippen LogP contribution >= 0.6 is 0 Å². The first-order chi connectivity index (χ1) is 15.3. The molecule has 0 spiro atoms. The Morgan fingerprint density at radius 2 is 1.72 bits per heavy atom. The van der Waals surface area contributed by atoms with Gasteiger partial charge in [0.05, 0.1) is 31.2 Å². The molecule has 0 aliphatic carbocycles. The number of carbonyl (C=O) groups is 1. The topological polar surface area (TPSA) is 116 Å². The Labute approximate surface area is 187 Å². The lowest BCUT2D eigenvalue weighted by molar-refractivity contribution is -0.116. The lowest BCUT2D eigenvalue weighted by Gasteiger charge is -2.18. The quantitative estimate of drug-likeness (QED) is 0.493. The van der Waals surface area contributed by atoms with Gasteiger partial charge in [-0.15, -0.1) is 5.10 Å². The zero-order chi connectivity index (χ0) is 23.3. The molecule has 1 aromatic heterocycles. The number of nitrogens with zero attached hydrogens (tertiary/aromatic N) is 4. The summed E-state index contributed by atoms with van der Waals surface area (Å²) >= 11 is 0. The van der Waals surface area contributed by atoms with Gasteiger partial charge in [0.2, 0.25) is 15.9 Å². The maximum absolute atomic E-state index is 12.7. The highest BCUT2D eigenvalue weighted by molar-refractivity contribution is 7.89. The molecule has 0 unspecified atom stereocenters. The second-order valence-corrected chi connectivity index (χ2v) is 8.89. The molecule has 11 heteroatoms. The van der Waals surface area contributed by atoms with Crippen LogP contribution in [0.5, 0.6) is 11.5 Å². The van der Waals surface area contributed by atoms with Crippen molar-refractivity contribution in [1.82, 2.24) is 19.3 Å². The van der Waals surface area contributed by atoms with Gasteiger partial charge in [-0.05, 0) is 18.2 Å². The maximum atomic E-state index is 12.7. The minimum absolute atomic E-state index is 0.150. The number of ether oxygens (including phenoxy) is 2. The van der Waals surface area contributed by atoms with E-state index in [1.165, 1.54) is 24.6 Å². The third kappa shape index (κ3) is 5.00. The Hall–Kier alpha value is -3.18. The van der Waals surface area contributed by atoms with Gasteiger partial charge >= 0.3 is 0 Å². The molecule has 3 rings (SSSR count). The van der Waals surface area contributed by atoms with Crippen molar-refractivity contribution in [2.75, 3.05) is 32.6 Å². The number of methoxy groups -OCH3 is 2. The minimum Gasteiger partial charge on any atom is -0.497 e. The summed E-state index contributed by atoms with van der Waals surface area (Å²) in [5.74, 6) is 0.916. The van der Waals surface area contributed by atoms with Crippen LogP contribution in [-0.4, -0.2) is 60.9 Å². The third-order valence-electron chi connectivity index (χ3n) is 5.01. The Bertz CT molecular complexity index is 1180. The Morgan fingerprint density at radius 3 is 2.31 bits per heavy atom. The molecule has 0 bridgehead atoms. The monoisotopic (exact) mass is 461 g/mol. The fraction of sp³-hybridized carbons (Fsp3) is 0.381. The first-order valence-corrected chi connectivity index (χ1v) is 11.6.